The van der Waals surface area contributed by atoms with Crippen LogP contribution in [0.3, 0.4) is 0 Å². The number of fused-ring (bicyclic) bond motifs is 1. The van der Waals surface area contributed by atoms with E-state index in [1.165, 1.54) is 4.90 Å². The molecule has 24 heavy (non-hydrogen) atoms. The number of hydrogen-bond donors (Lipinski definition) is 2. The molecular formula is C18H19N3O2S. The van der Waals surface area contributed by atoms with Crippen LogP contribution in [-0.2, 0) is 4.79 Å². The molecule has 0 atom stereocenters. The molecule has 6 heteroatoms. The van der Waals surface area contributed by atoms with Crippen molar-refractivity contribution in [3.63, 3.8) is 0 Å². The van der Waals surface area contributed by atoms with E-state index in [-0.39, 0.29) is 12.5 Å². The molecule has 0 aliphatic carbocycles. The third-order valence-corrected chi connectivity index (χ3v) is 4.80. The van der Waals surface area contributed by atoms with E-state index < -0.39 is 6.03 Å². The molecule has 1 aliphatic heterocycles. The second kappa shape index (κ2) is 7.88. The fourth-order valence-corrected chi connectivity index (χ4v) is 3.60. The second-order valence-electron chi connectivity index (χ2n) is 5.46. The molecule has 3 amide bonds. The van der Waals surface area contributed by atoms with Crippen LogP contribution in [0, 0.1) is 0 Å². The summed E-state index contributed by atoms with van der Waals surface area (Å²) in [6.07, 6.45) is 1.00. The van der Waals surface area contributed by atoms with Crippen LogP contribution in [0.2, 0.25) is 0 Å². The van der Waals surface area contributed by atoms with Gasteiger partial charge in [0.05, 0.1) is 12.2 Å². The Balaban J connectivity index is 1.59. The first-order valence-corrected chi connectivity index (χ1v) is 8.83. The molecule has 2 N–H and O–H groups in total. The fraction of sp³-hybridized carbons (Fsp3) is 0.222. The third-order valence-electron chi connectivity index (χ3n) is 3.65. The van der Waals surface area contributed by atoms with Crippen LogP contribution in [0.4, 0.5) is 16.2 Å². The summed E-state index contributed by atoms with van der Waals surface area (Å²) in [5.41, 5.74) is 1.71. The average molecular weight is 341 g/mol. The molecule has 0 radical (unpaired) electrons. The number of carbonyl (C=O) groups excluding carboxylic acids is 2. The maximum absolute atomic E-state index is 12.2. The van der Waals surface area contributed by atoms with Gasteiger partial charge in [0.1, 0.15) is 0 Å². The van der Waals surface area contributed by atoms with Crippen LogP contribution >= 0.6 is 11.8 Å². The Bertz CT molecular complexity index is 721. The topological polar surface area (TPSA) is 61.4 Å². The first kappa shape index (κ1) is 16.4. The Morgan fingerprint density at radius 3 is 2.62 bits per heavy atom. The highest BCUT2D eigenvalue weighted by Crippen LogP contribution is 2.33. The summed E-state index contributed by atoms with van der Waals surface area (Å²) in [5.74, 6) is 0.717. The van der Waals surface area contributed by atoms with E-state index in [0.717, 1.165) is 24.4 Å². The van der Waals surface area contributed by atoms with Crippen LogP contribution in [0.5, 0.6) is 0 Å². The van der Waals surface area contributed by atoms with E-state index in [9.17, 15) is 9.59 Å². The van der Waals surface area contributed by atoms with Gasteiger partial charge < -0.3 is 10.2 Å². The number of urea groups is 1. The number of benzene rings is 2. The van der Waals surface area contributed by atoms with Crippen LogP contribution in [0.1, 0.15) is 6.42 Å². The average Bonchev–Trinajstić information content (AvgIpc) is 2.78. The van der Waals surface area contributed by atoms with Crippen molar-refractivity contribution in [2.45, 2.75) is 11.3 Å². The lowest BCUT2D eigenvalue weighted by atomic mass is 10.2. The number of para-hydroxylation sites is 2. The van der Waals surface area contributed by atoms with E-state index in [1.54, 1.807) is 23.9 Å². The van der Waals surface area contributed by atoms with Crippen molar-refractivity contribution in [3.8, 4) is 0 Å². The van der Waals surface area contributed by atoms with Gasteiger partial charge in [-0.1, -0.05) is 30.3 Å². The number of nitrogens with zero attached hydrogens (tertiary/aromatic N) is 1. The van der Waals surface area contributed by atoms with Crippen molar-refractivity contribution < 1.29 is 9.59 Å². The highest BCUT2D eigenvalue weighted by molar-refractivity contribution is 7.99. The van der Waals surface area contributed by atoms with Crippen molar-refractivity contribution in [2.75, 3.05) is 29.1 Å². The predicted octanol–water partition coefficient (Wildman–Crippen LogP) is 3.34. The lowest BCUT2D eigenvalue weighted by molar-refractivity contribution is -0.118. The highest BCUT2D eigenvalue weighted by Gasteiger charge is 2.18. The van der Waals surface area contributed by atoms with Gasteiger partial charge in [-0.3, -0.25) is 10.1 Å². The first-order valence-electron chi connectivity index (χ1n) is 7.85. The second-order valence-corrected chi connectivity index (χ2v) is 6.60. The third kappa shape index (κ3) is 4.29. The fourth-order valence-electron chi connectivity index (χ4n) is 2.59. The van der Waals surface area contributed by atoms with Gasteiger partial charge in [0, 0.05) is 17.1 Å². The van der Waals surface area contributed by atoms with Crippen LogP contribution in [0.25, 0.3) is 0 Å². The van der Waals surface area contributed by atoms with Crippen molar-refractivity contribution in [3.05, 3.63) is 54.6 Å². The number of carbonyl (C=O) groups is 2. The van der Waals surface area contributed by atoms with Gasteiger partial charge in [-0.05, 0) is 36.4 Å². The molecular weight excluding hydrogens is 322 g/mol. The number of nitrogens with one attached hydrogen (secondary N) is 2. The largest absolute Gasteiger partial charge is 0.361 e. The zero-order valence-corrected chi connectivity index (χ0v) is 14.0. The maximum atomic E-state index is 12.2. The number of anilines is 2. The summed E-state index contributed by atoms with van der Waals surface area (Å²) in [6, 6.07) is 16.6. The van der Waals surface area contributed by atoms with Crippen molar-refractivity contribution in [1.82, 2.24) is 5.32 Å². The minimum atomic E-state index is -0.510. The van der Waals surface area contributed by atoms with Gasteiger partial charge in [-0.15, -0.1) is 11.8 Å². The van der Waals surface area contributed by atoms with Crippen LogP contribution in [0.15, 0.2) is 59.5 Å². The molecule has 0 spiro atoms. The highest BCUT2D eigenvalue weighted by atomic mass is 32.2. The molecule has 0 unspecified atom stereocenters. The molecule has 2 aromatic carbocycles. The molecule has 1 aliphatic rings. The standard InChI is InChI=1S/C18H19N3O2S/c22-17(20-18(23)19-14-7-2-1-3-8-14)13-21-11-6-12-24-16-10-5-4-9-15(16)21/h1-5,7-10H,6,11-13H2,(H2,19,20,22,23). The minimum Gasteiger partial charge on any atom is -0.361 e. The lowest BCUT2D eigenvalue weighted by Crippen LogP contribution is -2.42. The van der Waals surface area contributed by atoms with Gasteiger partial charge in [0.25, 0.3) is 0 Å². The first-order chi connectivity index (χ1) is 11.7. The smallest absolute Gasteiger partial charge is 0.325 e. The number of rotatable bonds is 3. The Labute approximate surface area is 145 Å². The van der Waals surface area contributed by atoms with Gasteiger partial charge >= 0.3 is 6.03 Å². The number of thioether (sulfide) groups is 1. The van der Waals surface area contributed by atoms with E-state index in [0.29, 0.717) is 5.69 Å². The number of amides is 3. The van der Waals surface area contributed by atoms with Crippen LogP contribution in [-0.4, -0.2) is 30.8 Å². The summed E-state index contributed by atoms with van der Waals surface area (Å²) in [7, 11) is 0. The van der Waals surface area contributed by atoms with Gasteiger partial charge in [-0.2, -0.15) is 0 Å². The molecule has 124 valence electrons. The number of hydrogen-bond acceptors (Lipinski definition) is 4. The molecule has 0 fully saturated rings. The molecule has 5 nitrogen and oxygen atoms in total. The molecule has 0 saturated heterocycles. The van der Waals surface area contributed by atoms with Crippen molar-refractivity contribution in [2.24, 2.45) is 0 Å². The van der Waals surface area contributed by atoms with E-state index in [1.807, 2.05) is 41.3 Å². The summed E-state index contributed by atoms with van der Waals surface area (Å²) < 4.78 is 0. The molecule has 0 saturated carbocycles. The SMILES string of the molecule is O=C(CN1CCCSc2ccccc21)NC(=O)Nc1ccccc1. The summed E-state index contributed by atoms with van der Waals surface area (Å²) in [6.45, 7) is 0.970. The molecule has 0 aromatic heterocycles. The van der Waals surface area contributed by atoms with E-state index in [2.05, 4.69) is 16.7 Å². The minimum absolute atomic E-state index is 0.166. The molecule has 0 bridgehead atoms. The zero-order valence-electron chi connectivity index (χ0n) is 13.2. The molecule has 3 rings (SSSR count). The van der Waals surface area contributed by atoms with Gasteiger partial charge in [-0.25, -0.2) is 4.79 Å². The Morgan fingerprint density at radius 2 is 1.79 bits per heavy atom. The molecule has 2 aromatic rings. The predicted molar refractivity (Wildman–Crippen MR) is 97.6 cm³/mol. The van der Waals surface area contributed by atoms with Crippen molar-refractivity contribution >= 4 is 35.1 Å². The number of imide groups is 1. The van der Waals surface area contributed by atoms with E-state index >= 15 is 0 Å². The van der Waals surface area contributed by atoms with Gasteiger partial charge in [0.2, 0.25) is 5.91 Å². The molecule has 1 heterocycles. The normalized spacial score (nSPS) is 13.6. The Kier molecular flexibility index (Phi) is 5.38. The Morgan fingerprint density at radius 1 is 1.04 bits per heavy atom. The van der Waals surface area contributed by atoms with Crippen molar-refractivity contribution in [1.29, 1.82) is 0 Å². The van der Waals surface area contributed by atoms with E-state index in [4.69, 9.17) is 0 Å². The zero-order chi connectivity index (χ0) is 16.8. The Hall–Kier alpha value is -2.47. The maximum Gasteiger partial charge on any atom is 0.325 e. The van der Waals surface area contributed by atoms with Crippen LogP contribution < -0.4 is 15.5 Å². The van der Waals surface area contributed by atoms with Gasteiger partial charge in [0.15, 0.2) is 0 Å². The summed E-state index contributed by atoms with van der Waals surface area (Å²) >= 11 is 1.80. The monoisotopic (exact) mass is 341 g/mol. The summed E-state index contributed by atoms with van der Waals surface area (Å²) in [5, 5.41) is 5.04. The lowest BCUT2D eigenvalue weighted by Gasteiger charge is -2.23. The summed E-state index contributed by atoms with van der Waals surface area (Å²) in [4.78, 5) is 27.3. The quantitative estimate of drug-likeness (QED) is 0.899.